The topological polar surface area (TPSA) is 103 Å². The van der Waals surface area contributed by atoms with Gasteiger partial charge < -0.3 is 11.5 Å². The number of nitrogen functional groups attached to an aromatic ring is 1. The number of fused-ring (bicyclic) bond motifs is 1. The number of carbonyl (C=O) groups excluding carboxylic acids is 1. The number of nitrogens with zero attached hydrogens (tertiary/aromatic N) is 4. The Bertz CT molecular complexity index is 1280. The highest BCUT2D eigenvalue weighted by Crippen LogP contribution is 2.35. The van der Waals surface area contributed by atoms with Gasteiger partial charge in [-0.2, -0.15) is 18.3 Å². The maximum Gasteiger partial charge on any atom is 0.416 e. The van der Waals surface area contributed by atoms with Crippen molar-refractivity contribution in [3.05, 3.63) is 66.4 Å². The van der Waals surface area contributed by atoms with Gasteiger partial charge in [-0.3, -0.25) is 4.90 Å². The summed E-state index contributed by atoms with van der Waals surface area (Å²) < 4.78 is 40.8. The first kappa shape index (κ1) is 20.2. The summed E-state index contributed by atoms with van der Waals surface area (Å²) in [6.07, 6.45) is -2.91. The maximum atomic E-state index is 13.1. The van der Waals surface area contributed by atoms with Gasteiger partial charge in [0.05, 0.1) is 22.3 Å². The van der Waals surface area contributed by atoms with Gasteiger partial charge in [-0.25, -0.2) is 14.5 Å². The number of anilines is 3. The quantitative estimate of drug-likeness (QED) is 0.505. The van der Waals surface area contributed by atoms with Gasteiger partial charge in [-0.15, -0.1) is 0 Å². The van der Waals surface area contributed by atoms with E-state index in [1.807, 2.05) is 0 Å². The van der Waals surface area contributed by atoms with Crippen molar-refractivity contribution in [1.29, 1.82) is 0 Å². The highest BCUT2D eigenvalue weighted by Gasteiger charge is 2.31. The molecule has 0 bridgehead atoms. The normalized spacial score (nSPS) is 11.6. The molecule has 0 atom stereocenters. The first-order valence-electron chi connectivity index (χ1n) is 9.11. The van der Waals surface area contributed by atoms with Crippen LogP contribution in [0.4, 0.5) is 35.2 Å². The minimum Gasteiger partial charge on any atom is -0.382 e. The number of benzene rings is 2. The van der Waals surface area contributed by atoms with E-state index in [4.69, 9.17) is 11.5 Å². The fraction of sp³-hybridized carbons (Fsp3) is 0.0952. The second kappa shape index (κ2) is 7.31. The van der Waals surface area contributed by atoms with Crippen LogP contribution in [0.2, 0.25) is 0 Å². The zero-order valence-corrected chi connectivity index (χ0v) is 16.3. The molecule has 0 saturated carbocycles. The van der Waals surface area contributed by atoms with E-state index in [0.717, 1.165) is 28.2 Å². The number of urea groups is 1. The van der Waals surface area contributed by atoms with Crippen LogP contribution in [0.5, 0.6) is 0 Å². The van der Waals surface area contributed by atoms with Crippen molar-refractivity contribution in [2.24, 2.45) is 12.8 Å². The zero-order valence-electron chi connectivity index (χ0n) is 16.3. The number of hydrogen-bond acceptors (Lipinski definition) is 4. The number of halogens is 3. The van der Waals surface area contributed by atoms with Gasteiger partial charge in [0.1, 0.15) is 0 Å². The Labute approximate surface area is 174 Å². The number of alkyl halides is 3. The van der Waals surface area contributed by atoms with Crippen molar-refractivity contribution >= 4 is 34.3 Å². The van der Waals surface area contributed by atoms with Crippen LogP contribution in [0.15, 0.2) is 60.8 Å². The second-order valence-corrected chi connectivity index (χ2v) is 6.83. The van der Waals surface area contributed by atoms with Gasteiger partial charge >= 0.3 is 12.2 Å². The van der Waals surface area contributed by atoms with Crippen molar-refractivity contribution in [3.63, 3.8) is 0 Å². The molecule has 0 radical (unpaired) electrons. The smallest absolute Gasteiger partial charge is 0.382 e. The Hall–Kier alpha value is -4.08. The van der Waals surface area contributed by atoms with Crippen LogP contribution in [-0.4, -0.2) is 20.8 Å². The molecule has 7 nitrogen and oxygen atoms in total. The molecular weight excluding hydrogens is 409 g/mol. The molecule has 0 fully saturated rings. The van der Waals surface area contributed by atoms with Gasteiger partial charge in [0.2, 0.25) is 0 Å². The van der Waals surface area contributed by atoms with E-state index in [2.05, 4.69) is 10.1 Å². The summed E-state index contributed by atoms with van der Waals surface area (Å²) >= 11 is 0. The van der Waals surface area contributed by atoms with E-state index < -0.39 is 17.8 Å². The lowest BCUT2D eigenvalue weighted by Gasteiger charge is -2.22. The molecule has 4 rings (SSSR count). The monoisotopic (exact) mass is 426 g/mol. The first-order valence-corrected chi connectivity index (χ1v) is 9.11. The van der Waals surface area contributed by atoms with E-state index in [1.165, 1.54) is 12.1 Å². The molecule has 2 amide bonds. The Morgan fingerprint density at radius 1 is 1.06 bits per heavy atom. The lowest BCUT2D eigenvalue weighted by atomic mass is 10.0. The highest BCUT2D eigenvalue weighted by molar-refractivity contribution is 6.01. The summed E-state index contributed by atoms with van der Waals surface area (Å²) in [5.74, 6) is 0.326. The Balaban J connectivity index is 1.76. The average molecular weight is 426 g/mol. The maximum absolute atomic E-state index is 13.1. The molecule has 2 aromatic carbocycles. The highest BCUT2D eigenvalue weighted by atomic mass is 19.4. The van der Waals surface area contributed by atoms with Gasteiger partial charge in [0, 0.05) is 13.2 Å². The van der Waals surface area contributed by atoms with Crippen LogP contribution >= 0.6 is 0 Å². The molecule has 2 aromatic heterocycles. The molecule has 0 spiro atoms. The van der Waals surface area contributed by atoms with Crippen LogP contribution in [0.25, 0.3) is 22.2 Å². The fourth-order valence-electron chi connectivity index (χ4n) is 3.46. The lowest BCUT2D eigenvalue weighted by molar-refractivity contribution is -0.137. The van der Waals surface area contributed by atoms with E-state index in [9.17, 15) is 18.0 Å². The molecule has 0 unspecified atom stereocenters. The summed E-state index contributed by atoms with van der Waals surface area (Å²) in [5, 5.41) is 4.87. The number of aromatic nitrogens is 3. The summed E-state index contributed by atoms with van der Waals surface area (Å²) in [4.78, 5) is 17.4. The number of hydrogen-bond donors (Lipinski definition) is 2. The van der Waals surface area contributed by atoms with Crippen molar-refractivity contribution < 1.29 is 18.0 Å². The van der Waals surface area contributed by atoms with Crippen molar-refractivity contribution in [2.75, 3.05) is 10.6 Å². The molecule has 0 aliphatic rings. The number of primary amides is 1. The third kappa shape index (κ3) is 3.63. The molecule has 31 heavy (non-hydrogen) atoms. The summed E-state index contributed by atoms with van der Waals surface area (Å²) in [6, 6.07) is 11.9. The summed E-state index contributed by atoms with van der Waals surface area (Å²) in [7, 11) is 1.73. The van der Waals surface area contributed by atoms with Crippen molar-refractivity contribution in [3.8, 4) is 11.1 Å². The van der Waals surface area contributed by atoms with Gasteiger partial charge in [0.15, 0.2) is 11.5 Å². The molecular formula is C21H17F3N6O. The van der Waals surface area contributed by atoms with Crippen LogP contribution in [-0.2, 0) is 13.2 Å². The number of pyridine rings is 1. The lowest BCUT2D eigenvalue weighted by Crippen LogP contribution is -2.31. The average Bonchev–Trinajstić information content (AvgIpc) is 3.02. The van der Waals surface area contributed by atoms with E-state index in [-0.39, 0.29) is 5.69 Å². The molecule has 10 heteroatoms. The van der Waals surface area contributed by atoms with E-state index in [0.29, 0.717) is 22.5 Å². The van der Waals surface area contributed by atoms with Crippen LogP contribution in [0, 0.1) is 0 Å². The number of nitrogens with two attached hydrogens (primary N) is 2. The van der Waals surface area contributed by atoms with Crippen LogP contribution < -0.4 is 16.4 Å². The van der Waals surface area contributed by atoms with Crippen molar-refractivity contribution in [1.82, 2.24) is 14.8 Å². The summed E-state index contributed by atoms with van der Waals surface area (Å²) in [6.45, 7) is 0. The number of aryl methyl sites for hydroxylation is 1. The number of carbonyl (C=O) groups is 1. The van der Waals surface area contributed by atoms with E-state index in [1.54, 1.807) is 48.3 Å². The van der Waals surface area contributed by atoms with Crippen LogP contribution in [0.1, 0.15) is 5.56 Å². The van der Waals surface area contributed by atoms with Crippen molar-refractivity contribution in [2.45, 2.75) is 6.18 Å². The Kier molecular flexibility index (Phi) is 4.77. The van der Waals surface area contributed by atoms with Gasteiger partial charge in [-0.1, -0.05) is 18.2 Å². The minimum atomic E-state index is -4.54. The van der Waals surface area contributed by atoms with Crippen LogP contribution in [0.3, 0.4) is 0 Å². The SMILES string of the molecule is Cn1nc(N)c2c(-c3ccc(N(C(N)=O)c4cccc(C(F)(F)F)c4)cc3)ccnc21. The Morgan fingerprint density at radius 3 is 2.42 bits per heavy atom. The Morgan fingerprint density at radius 2 is 1.77 bits per heavy atom. The molecule has 4 aromatic rings. The zero-order chi connectivity index (χ0) is 22.3. The first-order chi connectivity index (χ1) is 14.7. The molecule has 0 aliphatic heterocycles. The molecule has 2 heterocycles. The molecule has 4 N–H and O–H groups in total. The molecule has 158 valence electrons. The molecule has 0 saturated heterocycles. The van der Waals surface area contributed by atoms with Gasteiger partial charge in [0.25, 0.3) is 0 Å². The predicted molar refractivity (Wildman–Crippen MR) is 112 cm³/mol. The third-order valence-corrected chi connectivity index (χ3v) is 4.84. The number of rotatable bonds is 3. The fourth-order valence-corrected chi connectivity index (χ4v) is 3.46. The van der Waals surface area contributed by atoms with E-state index >= 15 is 0 Å². The molecule has 0 aliphatic carbocycles. The standard InChI is InChI=1S/C21H17F3N6O/c1-29-19-17(18(25)28-29)16(9-10-27-19)12-5-7-14(8-6-12)30(20(26)31)15-4-2-3-13(11-15)21(22,23)24/h2-11H,1H3,(H2,25,28)(H2,26,31). The largest absolute Gasteiger partial charge is 0.416 e. The second-order valence-electron chi connectivity index (χ2n) is 6.83. The van der Waals surface area contributed by atoms with Gasteiger partial charge in [-0.05, 0) is 47.5 Å². The third-order valence-electron chi connectivity index (χ3n) is 4.84. The predicted octanol–water partition coefficient (Wildman–Crippen LogP) is 4.45. The minimum absolute atomic E-state index is 0.0119. The summed E-state index contributed by atoms with van der Waals surface area (Å²) in [5.41, 5.74) is 13.1. The number of amides is 2.